The fourth-order valence-electron chi connectivity index (χ4n) is 5.05. The number of ether oxygens (including phenoxy) is 6. The molecule has 2 rings (SSSR count). The van der Waals surface area contributed by atoms with Crippen LogP contribution in [-0.2, 0) is 38.0 Å². The van der Waals surface area contributed by atoms with Gasteiger partial charge in [-0.05, 0) is 52.0 Å². The first kappa shape index (κ1) is 30.2. The Kier molecular flexibility index (Phi) is 10.5. The SMILES string of the molecule is C=CCCC/C=C/C(C)(C)[C@]1(OC)O[C@H](C[C@H]2OC(C)(C)O[C@@H]2C)C/C(=C\C(=O)OC)[C@@H]1OC(C)=O. The summed E-state index contributed by atoms with van der Waals surface area (Å²) in [7, 11) is 2.84. The van der Waals surface area contributed by atoms with Crippen LogP contribution in [-0.4, -0.2) is 62.1 Å². The summed E-state index contributed by atoms with van der Waals surface area (Å²) < 4.78 is 35.6. The lowest BCUT2D eigenvalue weighted by molar-refractivity contribution is -0.338. The molecule has 0 aromatic heterocycles. The topological polar surface area (TPSA) is 89.5 Å². The summed E-state index contributed by atoms with van der Waals surface area (Å²) in [6.45, 7) is 14.8. The lowest BCUT2D eigenvalue weighted by Gasteiger charge is -2.53. The van der Waals surface area contributed by atoms with E-state index in [1.807, 2.05) is 46.8 Å². The number of carbonyl (C=O) groups excluding carboxylic acids is 2. The zero-order chi connectivity index (χ0) is 27.1. The van der Waals surface area contributed by atoms with Gasteiger partial charge >= 0.3 is 11.9 Å². The predicted octanol–water partition coefficient (Wildman–Crippen LogP) is 5.02. The molecule has 0 bridgehead atoms. The van der Waals surface area contributed by atoms with Crippen LogP contribution in [0.15, 0.2) is 36.5 Å². The summed E-state index contributed by atoms with van der Waals surface area (Å²) in [5.41, 5.74) is -0.184. The Bertz CT molecular complexity index is 842. The summed E-state index contributed by atoms with van der Waals surface area (Å²) in [5.74, 6) is -3.15. The normalized spacial score (nSPS) is 31.5. The highest BCUT2D eigenvalue weighted by atomic mass is 16.8. The predicted molar refractivity (Wildman–Crippen MR) is 136 cm³/mol. The Morgan fingerprint density at radius 3 is 2.39 bits per heavy atom. The first-order chi connectivity index (χ1) is 16.8. The van der Waals surface area contributed by atoms with Crippen LogP contribution in [0.5, 0.6) is 0 Å². The maximum absolute atomic E-state index is 12.3. The van der Waals surface area contributed by atoms with E-state index in [1.54, 1.807) is 0 Å². The van der Waals surface area contributed by atoms with Crippen molar-refractivity contribution in [1.82, 2.24) is 0 Å². The van der Waals surface area contributed by atoms with Crippen molar-refractivity contribution in [2.75, 3.05) is 14.2 Å². The van der Waals surface area contributed by atoms with Gasteiger partial charge in [0.25, 0.3) is 0 Å². The van der Waals surface area contributed by atoms with E-state index in [1.165, 1.54) is 27.2 Å². The molecule has 2 aliphatic rings. The van der Waals surface area contributed by atoms with Gasteiger partial charge in [-0.25, -0.2) is 4.79 Å². The highest BCUT2D eigenvalue weighted by Gasteiger charge is 2.59. The molecule has 204 valence electrons. The van der Waals surface area contributed by atoms with E-state index in [2.05, 4.69) is 12.7 Å². The largest absolute Gasteiger partial charge is 0.466 e. The van der Waals surface area contributed by atoms with Crippen molar-refractivity contribution in [2.24, 2.45) is 5.41 Å². The first-order valence-corrected chi connectivity index (χ1v) is 12.6. The Labute approximate surface area is 216 Å². The molecule has 0 unspecified atom stereocenters. The monoisotopic (exact) mass is 508 g/mol. The number of hydrogen-bond acceptors (Lipinski definition) is 8. The number of hydrogen-bond donors (Lipinski definition) is 0. The molecule has 2 aliphatic heterocycles. The number of unbranched alkanes of at least 4 members (excludes halogenated alkanes) is 2. The van der Waals surface area contributed by atoms with Gasteiger partial charge in [-0.3, -0.25) is 4.79 Å². The third-order valence-corrected chi connectivity index (χ3v) is 6.71. The van der Waals surface area contributed by atoms with Crippen molar-refractivity contribution in [1.29, 1.82) is 0 Å². The second-order valence-corrected chi connectivity index (χ2v) is 10.5. The van der Waals surface area contributed by atoms with Crippen molar-refractivity contribution in [3.63, 3.8) is 0 Å². The minimum Gasteiger partial charge on any atom is -0.466 e. The Hall–Kier alpha value is -2.00. The molecule has 5 atom stereocenters. The van der Waals surface area contributed by atoms with Crippen molar-refractivity contribution in [3.8, 4) is 0 Å². The smallest absolute Gasteiger partial charge is 0.330 e. The van der Waals surface area contributed by atoms with Crippen LogP contribution in [0.4, 0.5) is 0 Å². The molecular formula is C28H44O8. The summed E-state index contributed by atoms with van der Waals surface area (Å²) in [6, 6.07) is 0. The molecule has 0 amide bonds. The molecule has 0 N–H and O–H groups in total. The zero-order valence-electron chi connectivity index (χ0n) is 23.1. The van der Waals surface area contributed by atoms with Crippen LogP contribution in [0.1, 0.15) is 73.6 Å². The van der Waals surface area contributed by atoms with Gasteiger partial charge in [-0.2, -0.15) is 0 Å². The lowest BCUT2D eigenvalue weighted by Crippen LogP contribution is -2.63. The molecule has 36 heavy (non-hydrogen) atoms. The summed E-state index contributed by atoms with van der Waals surface area (Å²) in [4.78, 5) is 24.5. The van der Waals surface area contributed by atoms with Crippen LogP contribution in [0.2, 0.25) is 0 Å². The summed E-state index contributed by atoms with van der Waals surface area (Å²) >= 11 is 0. The summed E-state index contributed by atoms with van der Waals surface area (Å²) in [6.07, 6.45) is 9.21. The highest BCUT2D eigenvalue weighted by Crippen LogP contribution is 2.49. The Morgan fingerprint density at radius 1 is 1.17 bits per heavy atom. The standard InChI is InChI=1S/C28H44O8/c1-10-11-12-13-14-15-26(4,5)28(32-9)25(33-20(3)29)21(17-24(30)31-8)16-22(35-28)18-23-19(2)34-27(6,7)36-23/h10,14-15,17,19,22-23,25H,1,11-13,16,18H2,2-9H3/b15-14+,21-17+/t19-,22+,23-,25+,28-/m1/s1. The van der Waals surface area contributed by atoms with Crippen LogP contribution < -0.4 is 0 Å². The second-order valence-electron chi connectivity index (χ2n) is 10.5. The fourth-order valence-corrected chi connectivity index (χ4v) is 5.05. The van der Waals surface area contributed by atoms with E-state index in [-0.39, 0.29) is 12.2 Å². The molecule has 2 heterocycles. The van der Waals surface area contributed by atoms with Crippen LogP contribution in [0.25, 0.3) is 0 Å². The van der Waals surface area contributed by atoms with Crippen molar-refractivity contribution in [3.05, 3.63) is 36.5 Å². The number of rotatable bonds is 11. The number of allylic oxidation sites excluding steroid dienone is 2. The van der Waals surface area contributed by atoms with Gasteiger partial charge in [-0.1, -0.05) is 32.1 Å². The van der Waals surface area contributed by atoms with Gasteiger partial charge in [0.1, 0.15) is 0 Å². The van der Waals surface area contributed by atoms with Gasteiger partial charge in [0.15, 0.2) is 11.9 Å². The average molecular weight is 509 g/mol. The third kappa shape index (κ3) is 7.28. The van der Waals surface area contributed by atoms with Crippen molar-refractivity contribution < 1.29 is 38.0 Å². The third-order valence-electron chi connectivity index (χ3n) is 6.71. The lowest BCUT2D eigenvalue weighted by atomic mass is 9.74. The van der Waals surface area contributed by atoms with Crippen molar-refractivity contribution in [2.45, 2.75) is 110 Å². The molecule has 2 fully saturated rings. The molecule has 0 aliphatic carbocycles. The molecule has 8 nitrogen and oxygen atoms in total. The molecule has 0 aromatic rings. The van der Waals surface area contributed by atoms with Crippen LogP contribution in [0, 0.1) is 5.41 Å². The Balaban J connectivity index is 2.51. The fraction of sp³-hybridized carbons (Fsp3) is 0.714. The molecule has 8 heteroatoms. The number of methoxy groups -OCH3 is 2. The van der Waals surface area contributed by atoms with Gasteiger partial charge in [-0.15, -0.1) is 6.58 Å². The molecular weight excluding hydrogens is 464 g/mol. The minimum atomic E-state index is -1.41. The zero-order valence-corrected chi connectivity index (χ0v) is 23.1. The maximum Gasteiger partial charge on any atom is 0.330 e. The molecule has 2 saturated heterocycles. The molecule has 0 radical (unpaired) electrons. The van der Waals surface area contributed by atoms with Gasteiger partial charge in [0.05, 0.1) is 25.4 Å². The second kappa shape index (κ2) is 12.5. The average Bonchev–Trinajstić information content (AvgIpc) is 3.05. The van der Waals surface area contributed by atoms with E-state index < -0.39 is 41.1 Å². The number of carbonyl (C=O) groups is 2. The molecule has 0 spiro atoms. The van der Waals surface area contributed by atoms with E-state index >= 15 is 0 Å². The first-order valence-electron chi connectivity index (χ1n) is 12.6. The highest BCUT2D eigenvalue weighted by molar-refractivity contribution is 5.83. The quantitative estimate of drug-likeness (QED) is 0.166. The van der Waals surface area contributed by atoms with Crippen molar-refractivity contribution >= 4 is 11.9 Å². The summed E-state index contributed by atoms with van der Waals surface area (Å²) in [5, 5.41) is 0. The molecule has 0 saturated carbocycles. The maximum atomic E-state index is 12.3. The van der Waals surface area contributed by atoms with E-state index in [0.29, 0.717) is 18.4 Å². The molecule has 0 aromatic carbocycles. The van der Waals surface area contributed by atoms with Crippen LogP contribution >= 0.6 is 0 Å². The minimum absolute atomic E-state index is 0.141. The van der Waals surface area contributed by atoms with Gasteiger partial charge in [0, 0.05) is 31.9 Å². The van der Waals surface area contributed by atoms with Gasteiger partial charge in [0.2, 0.25) is 5.79 Å². The number of esters is 2. The van der Waals surface area contributed by atoms with E-state index in [4.69, 9.17) is 28.4 Å². The van der Waals surface area contributed by atoms with E-state index in [0.717, 1.165) is 19.3 Å². The van der Waals surface area contributed by atoms with E-state index in [9.17, 15) is 9.59 Å². The Morgan fingerprint density at radius 2 is 1.86 bits per heavy atom. The van der Waals surface area contributed by atoms with Gasteiger partial charge < -0.3 is 28.4 Å². The van der Waals surface area contributed by atoms with Crippen LogP contribution in [0.3, 0.4) is 0 Å².